The number of anilines is 1. The van der Waals surface area contributed by atoms with Crippen molar-refractivity contribution in [2.45, 2.75) is 0 Å². The highest BCUT2D eigenvalue weighted by atomic mass is 35.5. The van der Waals surface area contributed by atoms with Crippen LogP contribution in [-0.4, -0.2) is 10.9 Å². The Bertz CT molecular complexity index is 1190. The molecule has 28 heavy (non-hydrogen) atoms. The highest BCUT2D eigenvalue weighted by Gasteiger charge is 2.15. The van der Waals surface area contributed by atoms with Gasteiger partial charge in [-0.25, -0.2) is 9.37 Å². The first kappa shape index (κ1) is 18.4. The average Bonchev–Trinajstić information content (AvgIpc) is 2.70. The van der Waals surface area contributed by atoms with Gasteiger partial charge in [-0.1, -0.05) is 53.5 Å². The molecule has 0 spiro atoms. The van der Waals surface area contributed by atoms with Crippen LogP contribution in [0, 0.1) is 5.82 Å². The molecule has 0 aliphatic heterocycles. The predicted octanol–water partition coefficient (Wildman–Crippen LogP) is 6.60. The van der Waals surface area contributed by atoms with Crippen LogP contribution in [-0.2, 0) is 0 Å². The average molecular weight is 411 g/mol. The predicted molar refractivity (Wildman–Crippen MR) is 112 cm³/mol. The number of pyridine rings is 1. The number of nitrogens with one attached hydrogen (secondary N) is 1. The number of nitrogens with zero attached hydrogens (tertiary/aromatic N) is 1. The number of halogens is 3. The van der Waals surface area contributed by atoms with Crippen molar-refractivity contribution < 1.29 is 9.18 Å². The maximum absolute atomic E-state index is 13.4. The molecule has 0 atom stereocenters. The number of hydrogen-bond acceptors (Lipinski definition) is 2. The molecule has 138 valence electrons. The smallest absolute Gasteiger partial charge is 0.256 e. The van der Waals surface area contributed by atoms with Gasteiger partial charge in [0, 0.05) is 21.7 Å². The lowest BCUT2D eigenvalue weighted by Gasteiger charge is -2.11. The lowest BCUT2D eigenvalue weighted by atomic mass is 10.0. The number of hydrogen-bond donors (Lipinski definition) is 1. The van der Waals surface area contributed by atoms with E-state index in [-0.39, 0.29) is 10.9 Å². The van der Waals surface area contributed by atoms with E-state index in [0.717, 1.165) is 5.56 Å². The van der Waals surface area contributed by atoms with Gasteiger partial charge in [-0.15, -0.1) is 0 Å². The molecule has 0 bridgehead atoms. The molecule has 0 fully saturated rings. The van der Waals surface area contributed by atoms with Crippen molar-refractivity contribution in [1.29, 1.82) is 0 Å². The summed E-state index contributed by atoms with van der Waals surface area (Å²) in [6.07, 6.45) is 0. The zero-order valence-electron chi connectivity index (χ0n) is 14.4. The molecule has 4 rings (SSSR count). The van der Waals surface area contributed by atoms with Crippen molar-refractivity contribution in [3.63, 3.8) is 0 Å². The summed E-state index contributed by atoms with van der Waals surface area (Å²) in [5.41, 5.74) is 3.05. The molecular formula is C22H13Cl2FN2O. The second-order valence-corrected chi connectivity index (χ2v) is 7.01. The topological polar surface area (TPSA) is 42.0 Å². The minimum atomic E-state index is -0.543. The van der Waals surface area contributed by atoms with Crippen LogP contribution in [0.2, 0.25) is 10.0 Å². The Labute approximate surface area is 170 Å². The van der Waals surface area contributed by atoms with Gasteiger partial charge in [-0.2, -0.15) is 0 Å². The summed E-state index contributed by atoms with van der Waals surface area (Å²) in [5.74, 6) is -0.879. The largest absolute Gasteiger partial charge is 0.322 e. The van der Waals surface area contributed by atoms with Crippen LogP contribution < -0.4 is 5.32 Å². The fourth-order valence-corrected chi connectivity index (χ4v) is 3.21. The summed E-state index contributed by atoms with van der Waals surface area (Å²) < 4.78 is 13.4. The minimum absolute atomic E-state index is 0.0563. The molecule has 4 aromatic rings. The number of para-hydroxylation sites is 1. The lowest BCUT2D eigenvalue weighted by molar-refractivity contribution is 0.102. The fourth-order valence-electron chi connectivity index (χ4n) is 2.90. The van der Waals surface area contributed by atoms with Crippen LogP contribution in [0.5, 0.6) is 0 Å². The number of carbonyl (C=O) groups excluding carboxylic acids is 1. The molecule has 3 nitrogen and oxygen atoms in total. The number of aromatic nitrogens is 1. The van der Waals surface area contributed by atoms with E-state index in [1.54, 1.807) is 18.2 Å². The van der Waals surface area contributed by atoms with Gasteiger partial charge in [0.05, 0.1) is 21.8 Å². The Morgan fingerprint density at radius 1 is 0.929 bits per heavy atom. The van der Waals surface area contributed by atoms with Gasteiger partial charge in [-0.3, -0.25) is 4.79 Å². The monoisotopic (exact) mass is 410 g/mol. The number of rotatable bonds is 3. The van der Waals surface area contributed by atoms with Crippen LogP contribution in [0.15, 0.2) is 72.8 Å². The molecule has 0 saturated heterocycles. The van der Waals surface area contributed by atoms with Crippen molar-refractivity contribution in [2.75, 3.05) is 5.32 Å². The van der Waals surface area contributed by atoms with Crippen LogP contribution in [0.25, 0.3) is 22.2 Å². The molecule has 0 radical (unpaired) electrons. The summed E-state index contributed by atoms with van der Waals surface area (Å²) >= 11 is 11.8. The molecule has 0 aliphatic carbocycles. The van der Waals surface area contributed by atoms with Crippen LogP contribution in [0.4, 0.5) is 10.1 Å². The van der Waals surface area contributed by atoms with Crippen LogP contribution >= 0.6 is 23.2 Å². The fraction of sp³-hybridized carbons (Fsp3) is 0. The highest BCUT2D eigenvalue weighted by Crippen LogP contribution is 2.27. The third-order valence-electron chi connectivity index (χ3n) is 4.28. The van der Waals surface area contributed by atoms with Crippen LogP contribution in [0.1, 0.15) is 10.4 Å². The normalized spacial score (nSPS) is 10.8. The van der Waals surface area contributed by atoms with Crippen molar-refractivity contribution in [3.05, 3.63) is 94.2 Å². The van der Waals surface area contributed by atoms with Crippen LogP contribution in [0.3, 0.4) is 0 Å². The van der Waals surface area contributed by atoms with Gasteiger partial charge in [0.25, 0.3) is 5.91 Å². The molecule has 1 heterocycles. The number of amides is 1. The van der Waals surface area contributed by atoms with Gasteiger partial charge in [0.1, 0.15) is 5.82 Å². The zero-order valence-corrected chi connectivity index (χ0v) is 15.9. The van der Waals surface area contributed by atoms with Gasteiger partial charge < -0.3 is 5.32 Å². The molecule has 6 heteroatoms. The summed E-state index contributed by atoms with van der Waals surface area (Å²) in [5, 5.41) is 4.05. The van der Waals surface area contributed by atoms with E-state index >= 15 is 0 Å². The molecule has 3 aromatic carbocycles. The van der Waals surface area contributed by atoms with E-state index in [9.17, 15) is 9.18 Å². The second kappa shape index (κ2) is 7.58. The standard InChI is InChI=1S/C22H13Cl2FN2O/c23-14-7-5-13(6-8-14)21-12-17(16-3-1-2-4-20(16)27-21)22(28)26-15-9-10-19(25)18(24)11-15/h1-12H,(H,26,28). The van der Waals surface area contributed by atoms with E-state index in [2.05, 4.69) is 10.3 Å². The van der Waals surface area contributed by atoms with Crippen molar-refractivity contribution in [3.8, 4) is 11.3 Å². The van der Waals surface area contributed by atoms with Crippen molar-refractivity contribution in [2.24, 2.45) is 0 Å². The molecular weight excluding hydrogens is 398 g/mol. The Morgan fingerprint density at radius 2 is 1.68 bits per heavy atom. The van der Waals surface area contributed by atoms with Crippen molar-refractivity contribution >= 4 is 45.7 Å². The molecule has 1 N–H and O–H groups in total. The van der Waals surface area contributed by atoms with Gasteiger partial charge in [-0.05, 0) is 42.5 Å². The van der Waals surface area contributed by atoms with E-state index in [1.165, 1.54) is 18.2 Å². The Kier molecular flexibility index (Phi) is 4.99. The highest BCUT2D eigenvalue weighted by molar-refractivity contribution is 6.31. The van der Waals surface area contributed by atoms with Gasteiger partial charge in [0.15, 0.2) is 0 Å². The second-order valence-electron chi connectivity index (χ2n) is 6.16. The quantitative estimate of drug-likeness (QED) is 0.413. The Hall–Kier alpha value is -2.95. The Balaban J connectivity index is 1.79. The molecule has 1 amide bonds. The molecule has 0 saturated carbocycles. The summed E-state index contributed by atoms with van der Waals surface area (Å²) in [6, 6.07) is 20.4. The number of benzene rings is 3. The molecule has 0 unspecified atom stereocenters. The lowest BCUT2D eigenvalue weighted by Crippen LogP contribution is -2.13. The first-order valence-electron chi connectivity index (χ1n) is 8.43. The maximum Gasteiger partial charge on any atom is 0.256 e. The number of carbonyl (C=O) groups is 1. The Morgan fingerprint density at radius 3 is 2.43 bits per heavy atom. The van der Waals surface area contributed by atoms with Gasteiger partial charge >= 0.3 is 0 Å². The number of fused-ring (bicyclic) bond motifs is 1. The third-order valence-corrected chi connectivity index (χ3v) is 4.82. The SMILES string of the molecule is O=C(Nc1ccc(F)c(Cl)c1)c1cc(-c2ccc(Cl)cc2)nc2ccccc12. The summed E-state index contributed by atoms with van der Waals surface area (Å²) in [4.78, 5) is 17.6. The van der Waals surface area contributed by atoms with E-state index in [1.807, 2.05) is 36.4 Å². The zero-order chi connectivity index (χ0) is 19.7. The summed E-state index contributed by atoms with van der Waals surface area (Å²) in [7, 11) is 0. The maximum atomic E-state index is 13.4. The van der Waals surface area contributed by atoms with E-state index < -0.39 is 5.82 Å². The summed E-state index contributed by atoms with van der Waals surface area (Å²) in [6.45, 7) is 0. The first-order chi connectivity index (χ1) is 13.5. The molecule has 0 aliphatic rings. The third kappa shape index (κ3) is 3.70. The first-order valence-corrected chi connectivity index (χ1v) is 9.19. The van der Waals surface area contributed by atoms with Crippen molar-refractivity contribution in [1.82, 2.24) is 4.98 Å². The van der Waals surface area contributed by atoms with E-state index in [4.69, 9.17) is 23.2 Å². The molecule has 1 aromatic heterocycles. The minimum Gasteiger partial charge on any atom is -0.322 e. The van der Waals surface area contributed by atoms with E-state index in [0.29, 0.717) is 32.9 Å². The van der Waals surface area contributed by atoms with Gasteiger partial charge in [0.2, 0.25) is 0 Å².